The van der Waals surface area contributed by atoms with Crippen LogP contribution in [0.15, 0.2) is 64.5 Å². The summed E-state index contributed by atoms with van der Waals surface area (Å²) in [6, 6.07) is 17.4. The SMILES string of the molecule is Cn1c(=O)c(C2=NOC(c3cc(C#N)c(=S)[nH]c3-c3ccccc3O)C2)c(O)c2ccccc21. The van der Waals surface area contributed by atoms with Gasteiger partial charge < -0.3 is 24.6 Å². The van der Waals surface area contributed by atoms with Gasteiger partial charge in [0.1, 0.15) is 33.5 Å². The molecule has 0 radical (unpaired) electrons. The lowest BCUT2D eigenvalue weighted by Gasteiger charge is -2.16. The normalized spacial score (nSPS) is 15.1. The summed E-state index contributed by atoms with van der Waals surface area (Å²) in [6.45, 7) is 0. The standard InChI is InChI=1S/C25H18N4O4S/c1-29-18-8-4-2-6-14(18)23(31)21(25(29)32)17-11-20(33-28-17)16-10-13(12-26)24(34)27-22(16)15-7-3-5-9-19(15)30/h2-10,20,30-31H,11H2,1H3,(H,27,34). The Morgan fingerprint density at radius 1 is 1.21 bits per heavy atom. The molecule has 5 rings (SSSR count). The highest BCUT2D eigenvalue weighted by atomic mass is 32.1. The molecule has 0 spiro atoms. The number of hydrogen-bond donors (Lipinski definition) is 3. The molecule has 0 bridgehead atoms. The molecule has 2 aromatic carbocycles. The van der Waals surface area contributed by atoms with Gasteiger partial charge in [0.2, 0.25) is 0 Å². The van der Waals surface area contributed by atoms with Crippen molar-refractivity contribution in [2.24, 2.45) is 12.2 Å². The van der Waals surface area contributed by atoms with Crippen LogP contribution in [0, 0.1) is 16.0 Å². The van der Waals surface area contributed by atoms with Gasteiger partial charge >= 0.3 is 0 Å². The number of aromatic amines is 1. The van der Waals surface area contributed by atoms with E-state index >= 15 is 0 Å². The summed E-state index contributed by atoms with van der Waals surface area (Å²) in [6.07, 6.45) is -0.517. The summed E-state index contributed by atoms with van der Waals surface area (Å²) in [5.74, 6) is -0.132. The number of benzene rings is 2. The third kappa shape index (κ3) is 3.32. The molecule has 9 heteroatoms. The zero-order chi connectivity index (χ0) is 24.0. The number of nitrogens with one attached hydrogen (secondary N) is 1. The molecule has 0 saturated heterocycles. The average molecular weight is 471 g/mol. The third-order valence-electron chi connectivity index (χ3n) is 5.95. The van der Waals surface area contributed by atoms with Gasteiger partial charge in [-0.1, -0.05) is 41.6 Å². The van der Waals surface area contributed by atoms with Gasteiger partial charge in [0.15, 0.2) is 6.10 Å². The number of rotatable bonds is 3. The number of aromatic nitrogens is 2. The van der Waals surface area contributed by atoms with Crippen molar-refractivity contribution in [3.63, 3.8) is 0 Å². The number of fused-ring (bicyclic) bond motifs is 1. The Balaban J connectivity index is 1.62. The molecule has 0 saturated carbocycles. The molecule has 1 aliphatic rings. The number of pyridine rings is 2. The zero-order valence-corrected chi connectivity index (χ0v) is 18.8. The van der Waals surface area contributed by atoms with Gasteiger partial charge in [0, 0.05) is 30.0 Å². The number of hydrogen-bond acceptors (Lipinski definition) is 7. The molecule has 8 nitrogen and oxygen atoms in total. The minimum atomic E-state index is -0.681. The predicted octanol–water partition coefficient (Wildman–Crippen LogP) is 4.41. The molecule has 1 atom stereocenters. The minimum Gasteiger partial charge on any atom is -0.507 e. The van der Waals surface area contributed by atoms with Crippen molar-refractivity contribution in [3.05, 3.63) is 86.3 Å². The van der Waals surface area contributed by atoms with Crippen LogP contribution in [0.25, 0.3) is 22.2 Å². The fourth-order valence-electron chi connectivity index (χ4n) is 4.22. The highest BCUT2D eigenvalue weighted by molar-refractivity contribution is 7.71. The summed E-state index contributed by atoms with van der Waals surface area (Å²) >= 11 is 5.30. The molecule has 0 aliphatic carbocycles. The first-order chi connectivity index (χ1) is 16.4. The molecule has 0 fully saturated rings. The molecular weight excluding hydrogens is 452 g/mol. The number of para-hydroxylation sites is 2. The zero-order valence-electron chi connectivity index (χ0n) is 17.9. The number of aromatic hydroxyl groups is 2. The van der Waals surface area contributed by atoms with Gasteiger partial charge in [0.05, 0.1) is 16.8 Å². The lowest BCUT2D eigenvalue weighted by Crippen LogP contribution is -2.25. The maximum atomic E-state index is 13.1. The Hall–Kier alpha value is -4.42. The van der Waals surface area contributed by atoms with Crippen molar-refractivity contribution >= 4 is 28.8 Å². The van der Waals surface area contributed by atoms with Crippen LogP contribution >= 0.6 is 12.2 Å². The molecule has 1 unspecified atom stereocenters. The van der Waals surface area contributed by atoms with E-state index < -0.39 is 11.7 Å². The smallest absolute Gasteiger partial charge is 0.263 e. The van der Waals surface area contributed by atoms with Gasteiger partial charge in [0.25, 0.3) is 5.56 Å². The van der Waals surface area contributed by atoms with Crippen LogP contribution in [0.1, 0.15) is 29.2 Å². The van der Waals surface area contributed by atoms with E-state index in [0.29, 0.717) is 27.7 Å². The second kappa shape index (κ2) is 8.17. The van der Waals surface area contributed by atoms with Crippen molar-refractivity contribution in [3.8, 4) is 28.8 Å². The average Bonchev–Trinajstić information content (AvgIpc) is 3.32. The fraction of sp³-hybridized carbons (Fsp3) is 0.120. The molecule has 2 aromatic heterocycles. The summed E-state index contributed by atoms with van der Waals surface area (Å²) in [7, 11) is 1.63. The van der Waals surface area contributed by atoms with Crippen LogP contribution in [0.3, 0.4) is 0 Å². The van der Waals surface area contributed by atoms with Crippen LogP contribution in [-0.4, -0.2) is 25.5 Å². The van der Waals surface area contributed by atoms with Crippen LogP contribution < -0.4 is 5.56 Å². The van der Waals surface area contributed by atoms with Crippen molar-refractivity contribution in [1.29, 1.82) is 5.26 Å². The number of nitriles is 1. The highest BCUT2D eigenvalue weighted by Crippen LogP contribution is 2.39. The molecule has 168 valence electrons. The van der Waals surface area contributed by atoms with Gasteiger partial charge in [-0.25, -0.2) is 0 Å². The Kier molecular flexibility index (Phi) is 5.15. The summed E-state index contributed by atoms with van der Waals surface area (Å²) < 4.78 is 1.69. The quantitative estimate of drug-likeness (QED) is 0.381. The van der Waals surface area contributed by atoms with E-state index in [4.69, 9.17) is 17.1 Å². The molecule has 1 aliphatic heterocycles. The lowest BCUT2D eigenvalue weighted by atomic mass is 9.95. The van der Waals surface area contributed by atoms with Gasteiger partial charge in [-0.15, -0.1) is 0 Å². The highest BCUT2D eigenvalue weighted by Gasteiger charge is 2.31. The van der Waals surface area contributed by atoms with Gasteiger partial charge in [-0.2, -0.15) is 5.26 Å². The maximum Gasteiger partial charge on any atom is 0.263 e. The van der Waals surface area contributed by atoms with Gasteiger partial charge in [-0.3, -0.25) is 4.79 Å². The topological polar surface area (TPSA) is 124 Å². The van der Waals surface area contributed by atoms with Crippen molar-refractivity contribution in [2.75, 3.05) is 0 Å². The van der Waals surface area contributed by atoms with E-state index in [9.17, 15) is 20.3 Å². The van der Waals surface area contributed by atoms with Crippen molar-refractivity contribution < 1.29 is 15.1 Å². The number of phenolic OH excluding ortho intramolecular Hbond substituents is 1. The first kappa shape index (κ1) is 21.4. The van der Waals surface area contributed by atoms with Crippen LogP contribution in [-0.2, 0) is 11.9 Å². The molecule has 4 aromatic rings. The first-order valence-electron chi connectivity index (χ1n) is 10.4. The largest absolute Gasteiger partial charge is 0.507 e. The fourth-order valence-corrected chi connectivity index (χ4v) is 4.43. The maximum absolute atomic E-state index is 13.1. The first-order valence-corrected chi connectivity index (χ1v) is 10.8. The van der Waals surface area contributed by atoms with Crippen LogP contribution in [0.4, 0.5) is 0 Å². The number of phenols is 1. The molecule has 34 heavy (non-hydrogen) atoms. The molecule has 3 N–H and O–H groups in total. The Labute approximate surface area is 198 Å². The monoisotopic (exact) mass is 470 g/mol. The summed E-state index contributed by atoms with van der Waals surface area (Å²) in [5.41, 5.74) is 2.31. The van der Waals surface area contributed by atoms with Crippen molar-refractivity contribution in [2.45, 2.75) is 12.5 Å². The Morgan fingerprint density at radius 2 is 1.94 bits per heavy atom. The predicted molar refractivity (Wildman–Crippen MR) is 129 cm³/mol. The molecule has 3 heterocycles. The Morgan fingerprint density at radius 3 is 2.71 bits per heavy atom. The number of oxime groups is 1. The molecule has 0 amide bonds. The van der Waals surface area contributed by atoms with Crippen LogP contribution in [0.2, 0.25) is 0 Å². The lowest BCUT2D eigenvalue weighted by molar-refractivity contribution is 0.0859. The number of nitrogens with zero attached hydrogens (tertiary/aromatic N) is 3. The van der Waals surface area contributed by atoms with E-state index in [0.717, 1.165) is 0 Å². The van der Waals surface area contributed by atoms with E-state index in [1.54, 1.807) is 61.6 Å². The number of H-pyrrole nitrogens is 1. The van der Waals surface area contributed by atoms with Gasteiger partial charge in [-0.05, 0) is 30.3 Å². The second-order valence-electron chi connectivity index (χ2n) is 7.91. The van der Waals surface area contributed by atoms with E-state index in [1.165, 1.54) is 4.57 Å². The van der Waals surface area contributed by atoms with E-state index in [1.807, 2.05) is 0 Å². The van der Waals surface area contributed by atoms with E-state index in [-0.39, 0.29) is 39.4 Å². The van der Waals surface area contributed by atoms with Crippen molar-refractivity contribution in [1.82, 2.24) is 9.55 Å². The second-order valence-corrected chi connectivity index (χ2v) is 8.32. The Bertz CT molecular complexity index is 1660. The summed E-state index contributed by atoms with van der Waals surface area (Å²) in [4.78, 5) is 21.8. The number of aryl methyl sites for hydroxylation is 1. The van der Waals surface area contributed by atoms with E-state index in [2.05, 4.69) is 16.2 Å². The summed E-state index contributed by atoms with van der Waals surface area (Å²) in [5, 5.41) is 35.5. The third-order valence-corrected chi connectivity index (χ3v) is 6.27. The molecular formula is C25H18N4O4S. The van der Waals surface area contributed by atoms with Crippen LogP contribution in [0.5, 0.6) is 11.5 Å². The minimum absolute atomic E-state index is 0.0271.